The van der Waals surface area contributed by atoms with Gasteiger partial charge in [-0.25, -0.2) is 4.98 Å². The van der Waals surface area contributed by atoms with Gasteiger partial charge in [-0.3, -0.25) is 14.2 Å². The average Bonchev–Trinajstić information content (AvgIpc) is 2.53. The first kappa shape index (κ1) is 16.2. The quantitative estimate of drug-likeness (QED) is 0.880. The van der Waals surface area contributed by atoms with Crippen LogP contribution in [0, 0.1) is 0 Å². The van der Waals surface area contributed by atoms with Crippen LogP contribution in [-0.2, 0) is 16.1 Å². The maximum atomic E-state index is 12.7. The van der Waals surface area contributed by atoms with Crippen molar-refractivity contribution < 1.29 is 9.53 Å². The fraction of sp³-hybridized carbons (Fsp3) is 0.438. The molecule has 22 heavy (non-hydrogen) atoms. The fourth-order valence-corrected chi connectivity index (χ4v) is 2.32. The molecule has 0 unspecified atom stereocenters. The molecule has 0 aliphatic rings. The Labute approximate surface area is 129 Å². The number of hydrogen-bond acceptors (Lipinski definition) is 4. The Balaban J connectivity index is 2.54. The normalized spacial score (nSPS) is 12.3. The van der Waals surface area contributed by atoms with Gasteiger partial charge in [0.15, 0.2) is 0 Å². The summed E-state index contributed by atoms with van der Waals surface area (Å²) < 4.78 is 6.65. The molecular weight excluding hydrogens is 282 g/mol. The SMILES string of the molecule is CCC(=O)N[C@H](C)c1nc2ccccc2c(=O)n1CCOC. The highest BCUT2D eigenvalue weighted by molar-refractivity contribution is 5.78. The minimum absolute atomic E-state index is 0.0757. The molecule has 0 saturated carbocycles. The standard InChI is InChI=1S/C16H21N3O3/c1-4-14(20)17-11(2)15-18-13-8-6-5-7-12(13)16(21)19(15)9-10-22-3/h5-8,11H,4,9-10H2,1-3H3,(H,17,20)/t11-/m1/s1. The van der Waals surface area contributed by atoms with Gasteiger partial charge >= 0.3 is 0 Å². The maximum absolute atomic E-state index is 12.7. The number of nitrogens with one attached hydrogen (secondary N) is 1. The van der Waals surface area contributed by atoms with E-state index in [0.717, 1.165) is 0 Å². The zero-order valence-corrected chi connectivity index (χ0v) is 13.1. The minimum Gasteiger partial charge on any atom is -0.383 e. The number of amides is 1. The summed E-state index contributed by atoms with van der Waals surface area (Å²) in [6.07, 6.45) is 0.389. The van der Waals surface area contributed by atoms with Gasteiger partial charge in [-0.1, -0.05) is 19.1 Å². The first-order valence-electron chi connectivity index (χ1n) is 7.36. The van der Waals surface area contributed by atoms with E-state index in [4.69, 9.17) is 4.74 Å². The van der Waals surface area contributed by atoms with Crippen LogP contribution in [0.2, 0.25) is 0 Å². The Kier molecular flexibility index (Phi) is 5.27. The molecule has 1 aromatic heterocycles. The van der Waals surface area contributed by atoms with Crippen molar-refractivity contribution in [3.05, 3.63) is 40.4 Å². The third kappa shape index (κ3) is 3.33. The van der Waals surface area contributed by atoms with E-state index in [1.807, 2.05) is 19.1 Å². The highest BCUT2D eigenvalue weighted by Crippen LogP contribution is 2.14. The Morgan fingerprint density at radius 1 is 1.41 bits per heavy atom. The summed E-state index contributed by atoms with van der Waals surface area (Å²) in [6, 6.07) is 6.87. The van der Waals surface area contributed by atoms with Gasteiger partial charge < -0.3 is 10.1 Å². The molecule has 1 atom stereocenters. The number of carbonyl (C=O) groups is 1. The number of carbonyl (C=O) groups excluding carboxylic acids is 1. The summed E-state index contributed by atoms with van der Waals surface area (Å²) in [4.78, 5) is 28.9. The molecule has 6 nitrogen and oxygen atoms in total. The molecule has 0 radical (unpaired) electrons. The van der Waals surface area contributed by atoms with Gasteiger partial charge in [0.1, 0.15) is 5.82 Å². The molecule has 0 saturated heterocycles. The number of nitrogens with zero attached hydrogens (tertiary/aromatic N) is 2. The van der Waals surface area contributed by atoms with Crippen molar-refractivity contribution in [3.63, 3.8) is 0 Å². The van der Waals surface area contributed by atoms with E-state index in [1.165, 1.54) is 0 Å². The van der Waals surface area contributed by atoms with E-state index in [1.54, 1.807) is 30.7 Å². The van der Waals surface area contributed by atoms with Crippen LogP contribution in [0.5, 0.6) is 0 Å². The largest absolute Gasteiger partial charge is 0.383 e. The van der Waals surface area contributed by atoms with Gasteiger partial charge in [0, 0.05) is 13.5 Å². The van der Waals surface area contributed by atoms with E-state index < -0.39 is 0 Å². The smallest absolute Gasteiger partial charge is 0.261 e. The highest BCUT2D eigenvalue weighted by Gasteiger charge is 2.17. The number of fused-ring (bicyclic) bond motifs is 1. The van der Waals surface area contributed by atoms with Gasteiger partial charge in [-0.05, 0) is 19.1 Å². The molecule has 1 amide bonds. The first-order valence-corrected chi connectivity index (χ1v) is 7.36. The maximum Gasteiger partial charge on any atom is 0.261 e. The molecule has 2 aromatic rings. The molecule has 0 spiro atoms. The van der Waals surface area contributed by atoms with Crippen LogP contribution >= 0.6 is 0 Å². The second-order valence-corrected chi connectivity index (χ2v) is 5.08. The molecule has 1 heterocycles. The summed E-state index contributed by atoms with van der Waals surface area (Å²) in [7, 11) is 1.58. The zero-order chi connectivity index (χ0) is 16.1. The second kappa shape index (κ2) is 7.17. The van der Waals surface area contributed by atoms with Crippen molar-refractivity contribution in [1.82, 2.24) is 14.9 Å². The monoisotopic (exact) mass is 303 g/mol. The van der Waals surface area contributed by atoms with Crippen LogP contribution in [0.4, 0.5) is 0 Å². The van der Waals surface area contributed by atoms with Crippen molar-refractivity contribution in [3.8, 4) is 0 Å². The summed E-state index contributed by atoms with van der Waals surface area (Å²) in [5, 5.41) is 3.42. The lowest BCUT2D eigenvalue weighted by Gasteiger charge is -2.19. The second-order valence-electron chi connectivity index (χ2n) is 5.08. The lowest BCUT2D eigenvalue weighted by Crippen LogP contribution is -2.34. The molecule has 1 aromatic carbocycles. The van der Waals surface area contributed by atoms with E-state index in [9.17, 15) is 9.59 Å². The van der Waals surface area contributed by atoms with E-state index in [0.29, 0.717) is 36.3 Å². The van der Waals surface area contributed by atoms with Crippen LogP contribution in [0.3, 0.4) is 0 Å². The topological polar surface area (TPSA) is 73.2 Å². The number of benzene rings is 1. The molecule has 0 aliphatic heterocycles. The Bertz CT molecular complexity index is 724. The van der Waals surface area contributed by atoms with E-state index in [-0.39, 0.29) is 17.5 Å². The van der Waals surface area contributed by atoms with Crippen molar-refractivity contribution in [2.45, 2.75) is 32.9 Å². The molecule has 0 fully saturated rings. The third-order valence-electron chi connectivity index (χ3n) is 3.50. The molecular formula is C16H21N3O3. The van der Waals surface area contributed by atoms with E-state index in [2.05, 4.69) is 10.3 Å². The van der Waals surface area contributed by atoms with Crippen LogP contribution in [0.25, 0.3) is 10.9 Å². The summed E-state index contributed by atoms with van der Waals surface area (Å²) in [5.41, 5.74) is 0.518. The summed E-state index contributed by atoms with van der Waals surface area (Å²) >= 11 is 0. The molecule has 1 N–H and O–H groups in total. The van der Waals surface area contributed by atoms with Crippen molar-refractivity contribution in [2.24, 2.45) is 0 Å². The van der Waals surface area contributed by atoms with Crippen LogP contribution < -0.4 is 10.9 Å². The lowest BCUT2D eigenvalue weighted by molar-refractivity contribution is -0.121. The van der Waals surface area contributed by atoms with Gasteiger partial charge in [0.2, 0.25) is 5.91 Å². The number of ether oxygens (including phenoxy) is 1. The molecule has 118 valence electrons. The Morgan fingerprint density at radius 3 is 2.82 bits per heavy atom. The van der Waals surface area contributed by atoms with Crippen molar-refractivity contribution in [2.75, 3.05) is 13.7 Å². The van der Waals surface area contributed by atoms with Crippen LogP contribution in [0.1, 0.15) is 32.1 Å². The predicted octanol–water partition coefficient (Wildman–Crippen LogP) is 1.63. The number of hydrogen-bond donors (Lipinski definition) is 1. The number of rotatable bonds is 6. The Morgan fingerprint density at radius 2 is 2.14 bits per heavy atom. The van der Waals surface area contributed by atoms with Gasteiger partial charge in [0.05, 0.1) is 30.1 Å². The zero-order valence-electron chi connectivity index (χ0n) is 13.1. The van der Waals surface area contributed by atoms with Gasteiger partial charge in [0.25, 0.3) is 5.56 Å². The van der Waals surface area contributed by atoms with Gasteiger partial charge in [-0.15, -0.1) is 0 Å². The predicted molar refractivity (Wildman–Crippen MR) is 84.7 cm³/mol. The number of para-hydroxylation sites is 1. The molecule has 6 heteroatoms. The average molecular weight is 303 g/mol. The Hall–Kier alpha value is -2.21. The van der Waals surface area contributed by atoms with Crippen molar-refractivity contribution in [1.29, 1.82) is 0 Å². The first-order chi connectivity index (χ1) is 10.6. The van der Waals surface area contributed by atoms with E-state index >= 15 is 0 Å². The number of aromatic nitrogens is 2. The van der Waals surface area contributed by atoms with Gasteiger partial charge in [-0.2, -0.15) is 0 Å². The fourth-order valence-electron chi connectivity index (χ4n) is 2.32. The molecule has 2 rings (SSSR count). The third-order valence-corrected chi connectivity index (χ3v) is 3.50. The molecule has 0 aliphatic carbocycles. The summed E-state index contributed by atoms with van der Waals surface area (Å²) in [6.45, 7) is 4.41. The van der Waals surface area contributed by atoms with Crippen LogP contribution in [0.15, 0.2) is 29.1 Å². The number of methoxy groups -OCH3 is 1. The lowest BCUT2D eigenvalue weighted by atomic mass is 10.2. The minimum atomic E-state index is -0.346. The highest BCUT2D eigenvalue weighted by atomic mass is 16.5. The van der Waals surface area contributed by atoms with Crippen LogP contribution in [-0.4, -0.2) is 29.2 Å². The molecule has 0 bridgehead atoms. The summed E-state index contributed by atoms with van der Waals surface area (Å²) in [5.74, 6) is 0.468. The van der Waals surface area contributed by atoms with Crippen molar-refractivity contribution >= 4 is 16.8 Å².